The lowest BCUT2D eigenvalue weighted by Gasteiger charge is -2.15. The Labute approximate surface area is 162 Å². The number of halogens is 1. The van der Waals surface area contributed by atoms with Gasteiger partial charge in [0.15, 0.2) is 0 Å². The second kappa shape index (κ2) is 8.04. The molecule has 0 aliphatic carbocycles. The fraction of sp³-hybridized carbons (Fsp3) is 0.444. The zero-order valence-electron chi connectivity index (χ0n) is 15.4. The van der Waals surface area contributed by atoms with Gasteiger partial charge in [-0.05, 0) is 28.0 Å². The topological polar surface area (TPSA) is 65.1 Å². The van der Waals surface area contributed by atoms with Crippen molar-refractivity contribution in [3.63, 3.8) is 0 Å². The van der Waals surface area contributed by atoms with E-state index in [-0.39, 0.29) is 6.61 Å². The van der Waals surface area contributed by atoms with Crippen LogP contribution < -0.4 is 0 Å². The van der Waals surface area contributed by atoms with Gasteiger partial charge in [0, 0.05) is 50.1 Å². The normalized spacial score (nSPS) is 12.2. The number of aliphatic hydroxyl groups is 1. The van der Waals surface area contributed by atoms with Gasteiger partial charge in [-0.15, -0.1) is 0 Å². The van der Waals surface area contributed by atoms with E-state index in [1.54, 1.807) is 0 Å². The van der Waals surface area contributed by atoms with E-state index < -0.39 is 8.07 Å². The van der Waals surface area contributed by atoms with Crippen molar-refractivity contribution in [1.29, 1.82) is 0 Å². The molecule has 0 saturated heterocycles. The highest BCUT2D eigenvalue weighted by atomic mass is 79.9. The summed E-state index contributed by atoms with van der Waals surface area (Å²) in [7, 11) is -1.07. The van der Waals surface area contributed by atoms with Crippen molar-refractivity contribution in [2.24, 2.45) is 0 Å². The Bertz CT molecular complexity index is 885. The predicted molar refractivity (Wildman–Crippen MR) is 110 cm³/mol. The van der Waals surface area contributed by atoms with Gasteiger partial charge in [-0.25, -0.2) is 9.67 Å². The molecule has 0 amide bonds. The number of nitrogens with zero attached hydrogens (tertiary/aromatic N) is 4. The van der Waals surface area contributed by atoms with Crippen molar-refractivity contribution in [2.45, 2.75) is 39.0 Å². The van der Waals surface area contributed by atoms with Gasteiger partial charge in [0.1, 0.15) is 11.3 Å². The third-order valence-electron chi connectivity index (χ3n) is 4.24. The Morgan fingerprint density at radius 3 is 2.77 bits per heavy atom. The molecule has 140 valence electrons. The Morgan fingerprint density at radius 1 is 1.23 bits per heavy atom. The van der Waals surface area contributed by atoms with E-state index in [9.17, 15) is 5.11 Å². The third kappa shape index (κ3) is 4.62. The lowest BCUT2D eigenvalue weighted by atomic mass is 10.1. The smallest absolute Gasteiger partial charge is 0.139 e. The molecule has 3 rings (SSSR count). The number of pyridine rings is 1. The van der Waals surface area contributed by atoms with E-state index in [0.29, 0.717) is 13.3 Å². The maximum atomic E-state index is 9.31. The summed E-state index contributed by atoms with van der Waals surface area (Å²) >= 11 is 3.44. The zero-order chi connectivity index (χ0) is 18.7. The molecule has 0 bridgehead atoms. The number of hydrogen-bond acceptors (Lipinski definition) is 4. The number of aromatic nitrogens is 4. The Kier molecular flexibility index (Phi) is 5.96. The number of fused-ring (bicyclic) bond motifs is 1. The van der Waals surface area contributed by atoms with E-state index in [2.05, 4.69) is 45.7 Å². The predicted octanol–water partition coefficient (Wildman–Crippen LogP) is 3.97. The lowest BCUT2D eigenvalue weighted by Crippen LogP contribution is -2.22. The van der Waals surface area contributed by atoms with Gasteiger partial charge >= 0.3 is 0 Å². The van der Waals surface area contributed by atoms with Gasteiger partial charge in [0.05, 0.1) is 24.5 Å². The molecule has 3 aromatic rings. The van der Waals surface area contributed by atoms with Crippen molar-refractivity contribution in [3.8, 4) is 11.1 Å². The molecule has 6 nitrogen and oxygen atoms in total. The summed E-state index contributed by atoms with van der Waals surface area (Å²) < 4.78 is 10.4. The maximum absolute atomic E-state index is 9.31. The van der Waals surface area contributed by atoms with E-state index in [4.69, 9.17) is 4.74 Å². The van der Waals surface area contributed by atoms with Crippen LogP contribution in [0.15, 0.2) is 35.5 Å². The van der Waals surface area contributed by atoms with Crippen LogP contribution in [0.5, 0.6) is 0 Å². The molecular weight excluding hydrogens is 412 g/mol. The molecular formula is C18H25BrN4O2Si. The standard InChI is InChI=1S/C18H25BrN4O2Si/c1-26(2,3)7-6-25-13-23-11-14(9-21-23)16-12-22(4-5-24)17-10-20-18(19)8-15(16)17/h8-12,24H,4-7,13H2,1-3H3. The minimum atomic E-state index is -1.07. The SMILES string of the molecule is C[Si](C)(C)CCOCn1cc(-c2cn(CCO)c3cnc(Br)cc23)cn1. The summed E-state index contributed by atoms with van der Waals surface area (Å²) in [5.74, 6) is 0. The quantitative estimate of drug-likeness (QED) is 0.329. The van der Waals surface area contributed by atoms with Crippen LogP contribution in [-0.2, 0) is 18.0 Å². The van der Waals surface area contributed by atoms with Crippen LogP contribution in [0.25, 0.3) is 22.0 Å². The first-order valence-corrected chi connectivity index (χ1v) is 13.2. The summed E-state index contributed by atoms with van der Waals surface area (Å²) in [5.41, 5.74) is 3.10. The summed E-state index contributed by atoms with van der Waals surface area (Å²) in [4.78, 5) is 4.31. The Balaban J connectivity index is 1.79. The van der Waals surface area contributed by atoms with Gasteiger partial charge in [-0.1, -0.05) is 19.6 Å². The molecule has 0 aliphatic rings. The van der Waals surface area contributed by atoms with Crippen LogP contribution in [0.3, 0.4) is 0 Å². The van der Waals surface area contributed by atoms with Gasteiger partial charge in [0.25, 0.3) is 0 Å². The largest absolute Gasteiger partial charge is 0.395 e. The second-order valence-electron chi connectivity index (χ2n) is 7.60. The fourth-order valence-corrected chi connectivity index (χ4v) is 3.88. The summed E-state index contributed by atoms with van der Waals surface area (Å²) in [6.45, 7) is 8.90. The number of ether oxygens (including phenoxy) is 1. The highest BCUT2D eigenvalue weighted by Gasteiger charge is 2.14. The van der Waals surface area contributed by atoms with Gasteiger partial charge in [0.2, 0.25) is 0 Å². The molecule has 3 heterocycles. The monoisotopic (exact) mass is 436 g/mol. The van der Waals surface area contributed by atoms with Crippen molar-refractivity contribution >= 4 is 34.9 Å². The van der Waals surface area contributed by atoms with Crippen molar-refractivity contribution in [2.75, 3.05) is 13.2 Å². The van der Waals surface area contributed by atoms with Crippen molar-refractivity contribution < 1.29 is 9.84 Å². The molecule has 0 fully saturated rings. The van der Waals surface area contributed by atoms with E-state index in [0.717, 1.165) is 39.3 Å². The van der Waals surface area contributed by atoms with Crippen LogP contribution in [0.4, 0.5) is 0 Å². The van der Waals surface area contributed by atoms with E-state index in [1.807, 2.05) is 40.1 Å². The zero-order valence-corrected chi connectivity index (χ0v) is 18.0. The summed E-state index contributed by atoms with van der Waals surface area (Å²) in [6, 6.07) is 3.15. The first-order chi connectivity index (χ1) is 12.4. The highest BCUT2D eigenvalue weighted by Crippen LogP contribution is 2.31. The molecule has 0 aliphatic heterocycles. The van der Waals surface area contributed by atoms with Crippen molar-refractivity contribution in [1.82, 2.24) is 19.3 Å². The molecule has 0 unspecified atom stereocenters. The van der Waals surface area contributed by atoms with Gasteiger partial charge in [-0.3, -0.25) is 0 Å². The van der Waals surface area contributed by atoms with Crippen LogP contribution in [-0.4, -0.2) is 45.7 Å². The van der Waals surface area contributed by atoms with Crippen LogP contribution in [0, 0.1) is 0 Å². The lowest BCUT2D eigenvalue weighted by molar-refractivity contribution is 0.0786. The molecule has 8 heteroatoms. The Hall–Kier alpha value is -1.48. The molecule has 26 heavy (non-hydrogen) atoms. The van der Waals surface area contributed by atoms with Crippen LogP contribution in [0.1, 0.15) is 0 Å². The summed E-state index contributed by atoms with van der Waals surface area (Å²) in [5, 5.41) is 14.8. The highest BCUT2D eigenvalue weighted by molar-refractivity contribution is 9.10. The molecule has 0 aromatic carbocycles. The minimum Gasteiger partial charge on any atom is -0.395 e. The average molecular weight is 437 g/mol. The Morgan fingerprint density at radius 2 is 2.04 bits per heavy atom. The van der Waals surface area contributed by atoms with Crippen LogP contribution in [0.2, 0.25) is 25.7 Å². The first-order valence-electron chi connectivity index (χ1n) is 8.73. The second-order valence-corrected chi connectivity index (χ2v) is 14.0. The minimum absolute atomic E-state index is 0.0868. The molecule has 0 spiro atoms. The number of aliphatic hydroxyl groups excluding tert-OH is 1. The third-order valence-corrected chi connectivity index (χ3v) is 6.38. The number of hydrogen-bond donors (Lipinski definition) is 1. The molecule has 0 radical (unpaired) electrons. The first kappa shape index (κ1) is 19.3. The van der Waals surface area contributed by atoms with E-state index >= 15 is 0 Å². The van der Waals surface area contributed by atoms with Gasteiger partial charge < -0.3 is 14.4 Å². The maximum Gasteiger partial charge on any atom is 0.139 e. The average Bonchev–Trinajstić information content (AvgIpc) is 3.16. The van der Waals surface area contributed by atoms with Gasteiger partial charge in [-0.2, -0.15) is 5.10 Å². The molecule has 0 atom stereocenters. The van der Waals surface area contributed by atoms with E-state index in [1.165, 1.54) is 0 Å². The molecule has 3 aromatic heterocycles. The fourth-order valence-electron chi connectivity index (χ4n) is 2.79. The summed E-state index contributed by atoms with van der Waals surface area (Å²) in [6.07, 6.45) is 7.72. The van der Waals surface area contributed by atoms with Crippen LogP contribution >= 0.6 is 15.9 Å². The number of rotatable bonds is 8. The molecule has 1 N–H and O–H groups in total. The molecule has 0 saturated carbocycles. The van der Waals surface area contributed by atoms with Crippen molar-refractivity contribution in [3.05, 3.63) is 35.5 Å².